The monoisotopic (exact) mass is 308 g/mol. The third-order valence-electron chi connectivity index (χ3n) is 3.23. The van der Waals surface area contributed by atoms with Gasteiger partial charge in [0, 0.05) is 18.8 Å². The van der Waals surface area contributed by atoms with E-state index in [1.807, 2.05) is 4.90 Å². The number of hydrogen-bond donors (Lipinski definition) is 1. The molecule has 3 rings (SSSR count). The Labute approximate surface area is 126 Å². The summed E-state index contributed by atoms with van der Waals surface area (Å²) in [7, 11) is 0. The molecule has 0 amide bonds. The third kappa shape index (κ3) is 3.22. The molecule has 110 valence electrons. The number of rotatable bonds is 3. The molecule has 2 aromatic rings. The first-order valence-electron chi connectivity index (χ1n) is 6.59. The van der Waals surface area contributed by atoms with Crippen molar-refractivity contribution in [3.8, 4) is 0 Å². The van der Waals surface area contributed by atoms with E-state index in [0.717, 1.165) is 0 Å². The lowest BCUT2D eigenvalue weighted by Gasteiger charge is -2.29. The first-order valence-corrected chi connectivity index (χ1v) is 6.96. The van der Waals surface area contributed by atoms with Crippen molar-refractivity contribution in [3.05, 3.63) is 41.6 Å². The van der Waals surface area contributed by atoms with Crippen LogP contribution >= 0.6 is 11.6 Å². The molecule has 0 aliphatic carbocycles. The summed E-state index contributed by atoms with van der Waals surface area (Å²) in [6, 6.07) is 4.98. The number of anilines is 3. The number of nitrogens with zero attached hydrogens (tertiary/aromatic N) is 3. The highest BCUT2D eigenvalue weighted by Crippen LogP contribution is 2.27. The molecule has 7 heteroatoms. The van der Waals surface area contributed by atoms with E-state index in [4.69, 9.17) is 16.3 Å². The van der Waals surface area contributed by atoms with Crippen molar-refractivity contribution in [1.29, 1.82) is 0 Å². The molecule has 1 aliphatic heterocycles. The summed E-state index contributed by atoms with van der Waals surface area (Å²) in [5.74, 6) is 0.164. The van der Waals surface area contributed by atoms with Crippen LogP contribution in [0.5, 0.6) is 0 Å². The number of ether oxygens (including phenoxy) is 1. The van der Waals surface area contributed by atoms with Gasteiger partial charge in [-0.25, -0.2) is 14.4 Å². The van der Waals surface area contributed by atoms with Crippen LogP contribution in [0.4, 0.5) is 21.6 Å². The number of hydrogen-bond acceptors (Lipinski definition) is 5. The van der Waals surface area contributed by atoms with Gasteiger partial charge in [-0.3, -0.25) is 0 Å². The van der Waals surface area contributed by atoms with Crippen LogP contribution in [0.15, 0.2) is 30.7 Å². The van der Waals surface area contributed by atoms with Crippen molar-refractivity contribution in [3.63, 3.8) is 0 Å². The van der Waals surface area contributed by atoms with Gasteiger partial charge in [-0.1, -0.05) is 11.6 Å². The predicted octanol–water partition coefficient (Wildman–Crippen LogP) is 2.85. The molecule has 0 unspecified atom stereocenters. The van der Waals surface area contributed by atoms with Crippen LogP contribution in [0, 0.1) is 5.82 Å². The fraction of sp³-hybridized carbons (Fsp3) is 0.286. The molecule has 0 bridgehead atoms. The van der Waals surface area contributed by atoms with Gasteiger partial charge in [-0.15, -0.1) is 0 Å². The molecule has 1 saturated heterocycles. The molecule has 0 atom stereocenters. The quantitative estimate of drug-likeness (QED) is 0.945. The molecule has 1 aliphatic rings. The summed E-state index contributed by atoms with van der Waals surface area (Å²) in [6.07, 6.45) is 2.86. The SMILES string of the molecule is Fc1cc(Nc2ncncc2Cl)ccc1N1CCOCC1. The highest BCUT2D eigenvalue weighted by atomic mass is 35.5. The zero-order valence-corrected chi connectivity index (χ0v) is 12.0. The average Bonchev–Trinajstić information content (AvgIpc) is 2.51. The van der Waals surface area contributed by atoms with Crippen molar-refractivity contribution < 1.29 is 9.13 Å². The molecule has 21 heavy (non-hydrogen) atoms. The number of nitrogens with one attached hydrogen (secondary N) is 1. The minimum absolute atomic E-state index is 0.285. The van der Waals surface area contributed by atoms with Gasteiger partial charge in [0.2, 0.25) is 0 Å². The van der Waals surface area contributed by atoms with Crippen molar-refractivity contribution in [2.24, 2.45) is 0 Å². The first kappa shape index (κ1) is 14.0. The maximum absolute atomic E-state index is 14.2. The number of halogens is 2. The van der Waals surface area contributed by atoms with Crippen LogP contribution in [-0.4, -0.2) is 36.3 Å². The Hall–Kier alpha value is -1.92. The number of benzene rings is 1. The van der Waals surface area contributed by atoms with E-state index < -0.39 is 0 Å². The van der Waals surface area contributed by atoms with Gasteiger partial charge in [0.15, 0.2) is 5.82 Å². The maximum Gasteiger partial charge on any atom is 0.152 e. The van der Waals surface area contributed by atoms with Crippen LogP contribution in [0.1, 0.15) is 0 Å². The van der Waals surface area contributed by atoms with E-state index >= 15 is 0 Å². The molecule has 0 saturated carbocycles. The predicted molar refractivity (Wildman–Crippen MR) is 79.8 cm³/mol. The molecule has 0 spiro atoms. The minimum atomic E-state index is -0.285. The lowest BCUT2D eigenvalue weighted by Crippen LogP contribution is -2.36. The molecular weight excluding hydrogens is 295 g/mol. The fourth-order valence-corrected chi connectivity index (χ4v) is 2.34. The van der Waals surface area contributed by atoms with Gasteiger partial charge in [0.1, 0.15) is 17.2 Å². The summed E-state index contributed by atoms with van der Waals surface area (Å²) in [4.78, 5) is 9.79. The largest absolute Gasteiger partial charge is 0.378 e. The van der Waals surface area contributed by atoms with E-state index in [0.29, 0.717) is 48.5 Å². The third-order valence-corrected chi connectivity index (χ3v) is 3.51. The van der Waals surface area contributed by atoms with Crippen LogP contribution in [0.3, 0.4) is 0 Å². The lowest BCUT2D eigenvalue weighted by molar-refractivity contribution is 0.122. The molecule has 1 N–H and O–H groups in total. The normalized spacial score (nSPS) is 15.0. The van der Waals surface area contributed by atoms with Gasteiger partial charge in [0.05, 0.1) is 25.1 Å². The Bertz CT molecular complexity index is 634. The summed E-state index contributed by atoms with van der Waals surface area (Å²) < 4.78 is 19.5. The van der Waals surface area contributed by atoms with Crippen LogP contribution < -0.4 is 10.2 Å². The Morgan fingerprint density at radius 1 is 1.29 bits per heavy atom. The summed E-state index contributed by atoms with van der Waals surface area (Å²) in [5.41, 5.74) is 1.17. The van der Waals surface area contributed by atoms with Crippen LogP contribution in [0.2, 0.25) is 5.02 Å². The van der Waals surface area contributed by atoms with E-state index in [1.165, 1.54) is 18.6 Å². The standard InChI is InChI=1S/C14H14ClFN4O/c15-11-8-17-9-18-14(11)19-10-1-2-13(12(16)7-10)20-3-5-21-6-4-20/h1-2,7-9H,3-6H2,(H,17,18,19). The second kappa shape index (κ2) is 6.24. The van der Waals surface area contributed by atoms with Crippen molar-refractivity contribution in [2.75, 3.05) is 36.5 Å². The highest BCUT2D eigenvalue weighted by molar-refractivity contribution is 6.32. The van der Waals surface area contributed by atoms with Crippen molar-refractivity contribution in [2.45, 2.75) is 0 Å². The van der Waals surface area contributed by atoms with Gasteiger partial charge < -0.3 is 15.0 Å². The topological polar surface area (TPSA) is 50.3 Å². The summed E-state index contributed by atoms with van der Waals surface area (Å²) in [6.45, 7) is 2.63. The number of morpholine rings is 1. The van der Waals surface area contributed by atoms with E-state index in [9.17, 15) is 4.39 Å². The second-order valence-corrected chi connectivity index (χ2v) is 5.02. The molecular formula is C14H14ClFN4O. The lowest BCUT2D eigenvalue weighted by atomic mass is 10.2. The van der Waals surface area contributed by atoms with Gasteiger partial charge in [-0.05, 0) is 18.2 Å². The van der Waals surface area contributed by atoms with E-state index in [2.05, 4.69) is 15.3 Å². The molecule has 5 nitrogen and oxygen atoms in total. The fourth-order valence-electron chi connectivity index (χ4n) is 2.19. The first-order chi connectivity index (χ1) is 10.2. The number of aromatic nitrogens is 2. The highest BCUT2D eigenvalue weighted by Gasteiger charge is 2.15. The maximum atomic E-state index is 14.2. The summed E-state index contributed by atoms with van der Waals surface area (Å²) in [5, 5.41) is 3.36. The molecule has 2 heterocycles. The zero-order chi connectivity index (χ0) is 14.7. The molecule has 1 aromatic heterocycles. The molecule has 0 radical (unpaired) electrons. The average molecular weight is 309 g/mol. The molecule has 1 aromatic carbocycles. The van der Waals surface area contributed by atoms with Gasteiger partial charge >= 0.3 is 0 Å². The van der Waals surface area contributed by atoms with E-state index in [1.54, 1.807) is 12.1 Å². The van der Waals surface area contributed by atoms with Gasteiger partial charge in [-0.2, -0.15) is 0 Å². The Morgan fingerprint density at radius 3 is 2.81 bits per heavy atom. The van der Waals surface area contributed by atoms with Crippen molar-refractivity contribution in [1.82, 2.24) is 9.97 Å². The second-order valence-electron chi connectivity index (χ2n) is 4.61. The van der Waals surface area contributed by atoms with Gasteiger partial charge in [0.25, 0.3) is 0 Å². The smallest absolute Gasteiger partial charge is 0.152 e. The minimum Gasteiger partial charge on any atom is -0.378 e. The van der Waals surface area contributed by atoms with E-state index in [-0.39, 0.29) is 5.82 Å². The molecule has 1 fully saturated rings. The van der Waals surface area contributed by atoms with Crippen LogP contribution in [-0.2, 0) is 4.74 Å². The van der Waals surface area contributed by atoms with Crippen molar-refractivity contribution >= 4 is 28.8 Å². The Morgan fingerprint density at radius 2 is 2.10 bits per heavy atom. The zero-order valence-electron chi connectivity index (χ0n) is 11.2. The Kier molecular flexibility index (Phi) is 4.17. The Balaban J connectivity index is 1.79. The van der Waals surface area contributed by atoms with Crippen LogP contribution in [0.25, 0.3) is 0 Å². The summed E-state index contributed by atoms with van der Waals surface area (Å²) >= 11 is 5.96.